The summed E-state index contributed by atoms with van der Waals surface area (Å²) in [4.78, 5) is 12.0. The summed E-state index contributed by atoms with van der Waals surface area (Å²) in [6.07, 6.45) is 1.05. The first-order chi connectivity index (χ1) is 12.3. The van der Waals surface area contributed by atoms with E-state index in [-0.39, 0.29) is 5.75 Å². The molecular weight excluding hydrogens is 360 g/mol. The first kappa shape index (κ1) is 20.0. The highest BCUT2D eigenvalue weighted by Crippen LogP contribution is 2.16. The number of halogens is 2. The lowest BCUT2D eigenvalue weighted by molar-refractivity contribution is -0.119. The molecule has 140 valence electrons. The van der Waals surface area contributed by atoms with Crippen LogP contribution in [0.4, 0.5) is 8.78 Å². The van der Waals surface area contributed by atoms with Gasteiger partial charge in [-0.05, 0) is 43.0 Å². The zero-order chi connectivity index (χ0) is 19.2. The van der Waals surface area contributed by atoms with Crippen LogP contribution in [0.25, 0.3) is 0 Å². The maximum absolute atomic E-state index is 13.2. The van der Waals surface area contributed by atoms with Crippen molar-refractivity contribution in [2.24, 2.45) is 0 Å². The van der Waals surface area contributed by atoms with Crippen LogP contribution in [0.5, 0.6) is 0 Å². The Bertz CT molecular complexity index is 854. The molecule has 1 amide bonds. The summed E-state index contributed by atoms with van der Waals surface area (Å²) >= 11 is 0. The summed E-state index contributed by atoms with van der Waals surface area (Å²) in [5.41, 5.74) is 1.40. The molecule has 2 aromatic carbocycles. The molecule has 0 aliphatic carbocycles. The van der Waals surface area contributed by atoms with Gasteiger partial charge in [0.2, 0.25) is 5.91 Å². The predicted molar refractivity (Wildman–Crippen MR) is 96.3 cm³/mol. The average Bonchev–Trinajstić information content (AvgIpc) is 2.57. The quantitative estimate of drug-likeness (QED) is 0.764. The van der Waals surface area contributed by atoms with Gasteiger partial charge in [-0.3, -0.25) is 4.79 Å². The molecule has 4 nitrogen and oxygen atoms in total. The fraction of sp³-hybridized carbons (Fsp3) is 0.316. The van der Waals surface area contributed by atoms with E-state index in [4.69, 9.17) is 0 Å². The highest BCUT2D eigenvalue weighted by Gasteiger charge is 2.19. The van der Waals surface area contributed by atoms with Gasteiger partial charge in [0, 0.05) is 0 Å². The van der Waals surface area contributed by atoms with Crippen molar-refractivity contribution in [2.75, 3.05) is 11.5 Å². The summed E-state index contributed by atoms with van der Waals surface area (Å²) in [5, 5.41) is 2.50. The molecule has 1 atom stereocenters. The molecule has 0 aliphatic rings. The zero-order valence-corrected chi connectivity index (χ0v) is 15.2. The van der Waals surface area contributed by atoms with Gasteiger partial charge in [0.05, 0.1) is 11.8 Å². The van der Waals surface area contributed by atoms with E-state index in [0.29, 0.717) is 18.4 Å². The number of aryl methyl sites for hydroxylation is 1. The third-order valence-electron chi connectivity index (χ3n) is 3.94. The lowest BCUT2D eigenvalue weighted by Crippen LogP contribution is -2.33. The van der Waals surface area contributed by atoms with Gasteiger partial charge in [0.1, 0.15) is 5.75 Å². The van der Waals surface area contributed by atoms with E-state index in [0.717, 1.165) is 17.7 Å². The molecular formula is C19H21F2NO3S. The van der Waals surface area contributed by atoms with Crippen LogP contribution in [0.3, 0.4) is 0 Å². The minimum Gasteiger partial charge on any atom is -0.349 e. The predicted octanol–water partition coefficient (Wildman–Crippen LogP) is 3.19. The second kappa shape index (κ2) is 8.89. The Kier molecular flexibility index (Phi) is 6.85. The minimum absolute atomic E-state index is 0.0884. The lowest BCUT2D eigenvalue weighted by atomic mass is 10.1. The smallest absolute Gasteiger partial charge is 0.235 e. The van der Waals surface area contributed by atoms with Gasteiger partial charge in [-0.2, -0.15) is 0 Å². The highest BCUT2D eigenvalue weighted by molar-refractivity contribution is 7.92. The van der Waals surface area contributed by atoms with Crippen LogP contribution in [0.1, 0.15) is 30.5 Å². The molecule has 1 N–H and O–H groups in total. The van der Waals surface area contributed by atoms with Crippen LogP contribution in [-0.2, 0) is 21.1 Å². The Hall–Kier alpha value is -2.28. The second-order valence-corrected chi connectivity index (χ2v) is 8.33. The van der Waals surface area contributed by atoms with Crippen LogP contribution in [0, 0.1) is 11.6 Å². The van der Waals surface area contributed by atoms with Crippen LogP contribution in [-0.4, -0.2) is 25.8 Å². The van der Waals surface area contributed by atoms with Crippen molar-refractivity contribution < 1.29 is 22.0 Å². The number of hydrogen-bond acceptors (Lipinski definition) is 3. The van der Waals surface area contributed by atoms with Crippen molar-refractivity contribution in [3.05, 3.63) is 71.3 Å². The Morgan fingerprint density at radius 1 is 1.08 bits per heavy atom. The van der Waals surface area contributed by atoms with Gasteiger partial charge in [-0.1, -0.05) is 36.4 Å². The van der Waals surface area contributed by atoms with Gasteiger partial charge in [-0.25, -0.2) is 17.2 Å². The largest absolute Gasteiger partial charge is 0.349 e. The fourth-order valence-corrected chi connectivity index (χ4v) is 3.77. The lowest BCUT2D eigenvalue weighted by Gasteiger charge is -2.14. The second-order valence-electron chi connectivity index (χ2n) is 6.14. The fourth-order valence-electron chi connectivity index (χ4n) is 2.56. The molecule has 0 bridgehead atoms. The normalized spacial score (nSPS) is 12.6. The molecule has 0 spiro atoms. The van der Waals surface area contributed by atoms with E-state index in [1.165, 1.54) is 6.07 Å². The average molecular weight is 381 g/mol. The monoisotopic (exact) mass is 381 g/mol. The third-order valence-corrected chi connectivity index (χ3v) is 5.55. The third kappa shape index (κ3) is 6.22. The number of amides is 1. The number of sulfone groups is 1. The Balaban J connectivity index is 1.84. The van der Waals surface area contributed by atoms with E-state index in [1.54, 1.807) is 6.92 Å². The van der Waals surface area contributed by atoms with Gasteiger partial charge in [0.25, 0.3) is 0 Å². The molecule has 0 saturated heterocycles. The minimum atomic E-state index is -3.54. The summed E-state index contributed by atoms with van der Waals surface area (Å²) in [6.45, 7) is 1.58. The van der Waals surface area contributed by atoms with E-state index in [1.807, 2.05) is 30.3 Å². The molecule has 2 rings (SSSR count). The number of carbonyl (C=O) groups excluding carboxylic acids is 1. The topological polar surface area (TPSA) is 63.2 Å². The molecule has 0 saturated carbocycles. The summed E-state index contributed by atoms with van der Waals surface area (Å²) in [7, 11) is -3.54. The van der Waals surface area contributed by atoms with Crippen LogP contribution in [0.15, 0.2) is 48.5 Å². The van der Waals surface area contributed by atoms with Gasteiger partial charge in [0.15, 0.2) is 21.5 Å². The SMILES string of the molecule is C[C@@H](NC(=O)CS(=O)(=O)CCCc1ccccc1)c1ccc(F)c(F)c1. The summed E-state index contributed by atoms with van der Waals surface area (Å²) in [5.74, 6) is -3.38. The van der Waals surface area contributed by atoms with E-state index in [2.05, 4.69) is 5.32 Å². The molecule has 0 unspecified atom stereocenters. The standard InChI is InChI=1S/C19H21F2NO3S/c1-14(16-9-10-17(20)18(21)12-16)22-19(23)13-26(24,25)11-5-8-15-6-3-2-4-7-15/h2-4,6-7,9-10,12,14H,5,8,11,13H2,1H3,(H,22,23)/t14-/m1/s1. The van der Waals surface area contributed by atoms with E-state index < -0.39 is 39.2 Å². The van der Waals surface area contributed by atoms with Crippen molar-refractivity contribution >= 4 is 15.7 Å². The Labute approximate surface area is 152 Å². The number of rotatable bonds is 8. The Morgan fingerprint density at radius 2 is 1.77 bits per heavy atom. The molecule has 2 aromatic rings. The van der Waals surface area contributed by atoms with E-state index in [9.17, 15) is 22.0 Å². The van der Waals surface area contributed by atoms with Crippen LogP contribution < -0.4 is 5.32 Å². The van der Waals surface area contributed by atoms with Gasteiger partial charge >= 0.3 is 0 Å². The van der Waals surface area contributed by atoms with Crippen molar-refractivity contribution in [3.8, 4) is 0 Å². The van der Waals surface area contributed by atoms with Crippen molar-refractivity contribution in [2.45, 2.75) is 25.8 Å². The van der Waals surface area contributed by atoms with Crippen LogP contribution >= 0.6 is 0 Å². The maximum atomic E-state index is 13.2. The molecule has 0 heterocycles. The number of hydrogen-bond donors (Lipinski definition) is 1. The first-order valence-electron chi connectivity index (χ1n) is 8.25. The summed E-state index contributed by atoms with van der Waals surface area (Å²) in [6, 6.07) is 12.2. The number of benzene rings is 2. The zero-order valence-electron chi connectivity index (χ0n) is 14.4. The van der Waals surface area contributed by atoms with Crippen molar-refractivity contribution in [1.29, 1.82) is 0 Å². The molecule has 0 aromatic heterocycles. The van der Waals surface area contributed by atoms with Crippen LogP contribution in [0.2, 0.25) is 0 Å². The number of nitrogens with one attached hydrogen (secondary N) is 1. The van der Waals surface area contributed by atoms with Crippen molar-refractivity contribution in [1.82, 2.24) is 5.32 Å². The van der Waals surface area contributed by atoms with Gasteiger partial charge < -0.3 is 5.32 Å². The van der Waals surface area contributed by atoms with E-state index >= 15 is 0 Å². The molecule has 7 heteroatoms. The Morgan fingerprint density at radius 3 is 2.42 bits per heavy atom. The highest BCUT2D eigenvalue weighted by atomic mass is 32.2. The molecule has 0 fully saturated rings. The maximum Gasteiger partial charge on any atom is 0.235 e. The molecule has 0 aliphatic heterocycles. The molecule has 26 heavy (non-hydrogen) atoms. The number of carbonyl (C=O) groups is 1. The van der Waals surface area contributed by atoms with Gasteiger partial charge in [-0.15, -0.1) is 0 Å². The molecule has 0 radical (unpaired) electrons. The summed E-state index contributed by atoms with van der Waals surface area (Å²) < 4.78 is 50.3. The van der Waals surface area contributed by atoms with Crippen molar-refractivity contribution in [3.63, 3.8) is 0 Å². The first-order valence-corrected chi connectivity index (χ1v) is 10.1.